The fourth-order valence-corrected chi connectivity index (χ4v) is 1.08. The number of alkyl halides is 2. The maximum absolute atomic E-state index is 12.3. The van der Waals surface area contributed by atoms with Crippen LogP contribution in [0.4, 0.5) is 8.78 Å². The van der Waals surface area contributed by atoms with Crippen molar-refractivity contribution in [2.45, 2.75) is 12.8 Å². The summed E-state index contributed by atoms with van der Waals surface area (Å²) in [6.07, 6.45) is -2.29. The Morgan fingerprint density at radius 2 is 2.13 bits per heavy atom. The highest BCUT2D eigenvalue weighted by Crippen LogP contribution is 2.15. The molecule has 0 aromatic carbocycles. The second-order valence-electron chi connectivity index (χ2n) is 2.67. The Bertz CT molecular complexity index is 508. The third-order valence-corrected chi connectivity index (χ3v) is 1.80. The lowest BCUT2D eigenvalue weighted by atomic mass is 10.1. The molecule has 0 fully saturated rings. The first-order valence-corrected chi connectivity index (χ1v) is 3.91. The molecule has 76 valence electrons. The molecule has 0 saturated heterocycles. The van der Waals surface area contributed by atoms with E-state index in [2.05, 4.69) is 4.98 Å². The summed E-state index contributed by atoms with van der Waals surface area (Å²) in [6.45, 7) is 0. The number of hydrogen-bond donors (Lipinski definition) is 1. The van der Waals surface area contributed by atoms with Crippen molar-refractivity contribution < 1.29 is 8.78 Å². The Morgan fingerprint density at radius 3 is 2.60 bits per heavy atom. The van der Waals surface area contributed by atoms with Crippen LogP contribution >= 0.6 is 0 Å². The van der Waals surface area contributed by atoms with Crippen molar-refractivity contribution in [3.63, 3.8) is 0 Å². The van der Waals surface area contributed by atoms with Gasteiger partial charge in [0.1, 0.15) is 11.6 Å². The highest BCUT2D eigenvalue weighted by Gasteiger charge is 2.17. The summed E-state index contributed by atoms with van der Waals surface area (Å²) in [5.41, 5.74) is -2.13. The number of nitrogens with zero attached hydrogens (tertiary/aromatic N) is 2. The van der Waals surface area contributed by atoms with Crippen molar-refractivity contribution >= 4 is 0 Å². The first-order chi connectivity index (χ1) is 7.11. The Kier molecular flexibility index (Phi) is 3.14. The number of halogens is 2. The number of hydrogen-bond acceptors (Lipinski definition) is 3. The molecule has 0 saturated carbocycles. The predicted octanol–water partition coefficient (Wildman–Crippen LogP) is 1.25. The van der Waals surface area contributed by atoms with Gasteiger partial charge in [-0.1, -0.05) is 0 Å². The van der Waals surface area contributed by atoms with Crippen LogP contribution in [0.2, 0.25) is 0 Å². The number of rotatable bonds is 2. The smallest absolute Gasteiger partial charge is 0.269 e. The molecule has 0 aliphatic rings. The van der Waals surface area contributed by atoms with E-state index in [1.54, 1.807) is 6.07 Å². The molecule has 0 radical (unpaired) electrons. The summed E-state index contributed by atoms with van der Waals surface area (Å²) in [5, 5.41) is 17.0. The van der Waals surface area contributed by atoms with Crippen LogP contribution in [0.15, 0.2) is 11.0 Å². The maximum Gasteiger partial charge on any atom is 0.269 e. The summed E-state index contributed by atoms with van der Waals surface area (Å²) in [5.74, 6) is 0. The highest BCUT2D eigenvalue weighted by atomic mass is 19.3. The first kappa shape index (κ1) is 10.9. The van der Waals surface area contributed by atoms with Crippen LogP contribution in [0.3, 0.4) is 0 Å². The molecule has 1 aromatic rings. The zero-order valence-corrected chi connectivity index (χ0v) is 7.42. The molecule has 1 heterocycles. The molecule has 0 aliphatic carbocycles. The van der Waals surface area contributed by atoms with Gasteiger partial charge in [0, 0.05) is 6.20 Å². The molecule has 15 heavy (non-hydrogen) atoms. The minimum Gasteiger partial charge on any atom is -0.362 e. The largest absolute Gasteiger partial charge is 0.362 e. The number of nitrogens with one attached hydrogen (secondary N) is 1. The van der Waals surface area contributed by atoms with E-state index in [9.17, 15) is 13.6 Å². The van der Waals surface area contributed by atoms with Crippen molar-refractivity contribution in [3.05, 3.63) is 33.2 Å². The fraction of sp³-hybridized carbons (Fsp3) is 0.222. The van der Waals surface area contributed by atoms with E-state index in [0.29, 0.717) is 0 Å². The SMILES string of the molecule is N#CCc1[nH]cc(C(F)F)c(=O)c1C#N. The van der Waals surface area contributed by atoms with Gasteiger partial charge in [0.15, 0.2) is 0 Å². The molecule has 0 unspecified atom stereocenters. The Morgan fingerprint density at radius 1 is 1.47 bits per heavy atom. The van der Waals surface area contributed by atoms with Crippen LogP contribution in [0.1, 0.15) is 23.2 Å². The third-order valence-electron chi connectivity index (χ3n) is 1.80. The molecule has 1 N–H and O–H groups in total. The standard InChI is InChI=1S/C9H5F2N3O/c10-9(11)6-4-14-7(1-2-12)5(3-13)8(6)15/h4,9H,1H2,(H,14,15). The third kappa shape index (κ3) is 2.00. The lowest BCUT2D eigenvalue weighted by Gasteiger charge is -2.02. The minimum atomic E-state index is -2.93. The van der Waals surface area contributed by atoms with Crippen molar-refractivity contribution in [1.82, 2.24) is 4.98 Å². The van der Waals surface area contributed by atoms with Crippen LogP contribution in [-0.2, 0) is 6.42 Å². The summed E-state index contributed by atoms with van der Waals surface area (Å²) >= 11 is 0. The van der Waals surface area contributed by atoms with Gasteiger partial charge in [-0.3, -0.25) is 4.79 Å². The number of nitriles is 2. The van der Waals surface area contributed by atoms with Crippen LogP contribution < -0.4 is 5.43 Å². The lowest BCUT2D eigenvalue weighted by Crippen LogP contribution is -2.16. The summed E-state index contributed by atoms with van der Waals surface area (Å²) < 4.78 is 24.5. The molecule has 0 atom stereocenters. The highest BCUT2D eigenvalue weighted by molar-refractivity contribution is 5.37. The summed E-state index contributed by atoms with van der Waals surface area (Å²) in [4.78, 5) is 13.7. The molecule has 1 rings (SSSR count). The molecule has 4 nitrogen and oxygen atoms in total. The van der Waals surface area contributed by atoms with Gasteiger partial charge in [-0.2, -0.15) is 10.5 Å². The van der Waals surface area contributed by atoms with Gasteiger partial charge in [0.2, 0.25) is 5.43 Å². The minimum absolute atomic E-state index is 0.0643. The van der Waals surface area contributed by atoms with Crippen molar-refractivity contribution in [2.75, 3.05) is 0 Å². The first-order valence-electron chi connectivity index (χ1n) is 3.91. The summed E-state index contributed by atoms with van der Waals surface area (Å²) in [6, 6.07) is 3.24. The monoisotopic (exact) mass is 209 g/mol. The van der Waals surface area contributed by atoms with Crippen LogP contribution in [0.5, 0.6) is 0 Å². The van der Waals surface area contributed by atoms with E-state index in [4.69, 9.17) is 10.5 Å². The van der Waals surface area contributed by atoms with E-state index in [0.717, 1.165) is 6.20 Å². The zero-order valence-electron chi connectivity index (χ0n) is 7.42. The Labute approximate surface area is 83.4 Å². The Balaban J connectivity index is 3.43. The second-order valence-corrected chi connectivity index (χ2v) is 2.67. The van der Waals surface area contributed by atoms with Gasteiger partial charge in [-0.15, -0.1) is 0 Å². The average molecular weight is 209 g/mol. The van der Waals surface area contributed by atoms with Gasteiger partial charge in [-0.05, 0) is 0 Å². The normalized spacial score (nSPS) is 9.67. The number of pyridine rings is 1. The number of aromatic amines is 1. The second kappa shape index (κ2) is 4.34. The molecular formula is C9H5F2N3O. The Hall–Kier alpha value is -2.21. The molecule has 0 amide bonds. The van der Waals surface area contributed by atoms with Gasteiger partial charge in [0.05, 0.1) is 23.7 Å². The van der Waals surface area contributed by atoms with E-state index >= 15 is 0 Å². The average Bonchev–Trinajstić information content (AvgIpc) is 2.18. The van der Waals surface area contributed by atoms with Gasteiger partial charge < -0.3 is 4.98 Å². The van der Waals surface area contributed by atoms with Gasteiger partial charge in [0.25, 0.3) is 6.43 Å². The quantitative estimate of drug-likeness (QED) is 0.795. The lowest BCUT2D eigenvalue weighted by molar-refractivity contribution is 0.149. The molecular weight excluding hydrogens is 204 g/mol. The van der Waals surface area contributed by atoms with E-state index in [1.807, 2.05) is 0 Å². The zero-order chi connectivity index (χ0) is 11.4. The van der Waals surface area contributed by atoms with E-state index in [-0.39, 0.29) is 12.1 Å². The van der Waals surface area contributed by atoms with E-state index in [1.165, 1.54) is 6.07 Å². The van der Waals surface area contributed by atoms with Gasteiger partial charge in [-0.25, -0.2) is 8.78 Å². The van der Waals surface area contributed by atoms with Crippen molar-refractivity contribution in [3.8, 4) is 12.1 Å². The molecule has 1 aromatic heterocycles. The van der Waals surface area contributed by atoms with Crippen LogP contribution in [0.25, 0.3) is 0 Å². The molecule has 0 bridgehead atoms. The van der Waals surface area contributed by atoms with Crippen molar-refractivity contribution in [2.24, 2.45) is 0 Å². The number of H-pyrrole nitrogens is 1. The van der Waals surface area contributed by atoms with Crippen molar-refractivity contribution in [1.29, 1.82) is 10.5 Å². The fourth-order valence-electron chi connectivity index (χ4n) is 1.08. The topological polar surface area (TPSA) is 80.4 Å². The summed E-state index contributed by atoms with van der Waals surface area (Å²) in [7, 11) is 0. The molecule has 0 aliphatic heterocycles. The van der Waals surface area contributed by atoms with Crippen LogP contribution in [0, 0.1) is 22.7 Å². The molecule has 6 heteroatoms. The van der Waals surface area contributed by atoms with E-state index < -0.39 is 23.0 Å². The van der Waals surface area contributed by atoms with Crippen LogP contribution in [-0.4, -0.2) is 4.98 Å². The predicted molar refractivity (Wildman–Crippen MR) is 46.1 cm³/mol. The number of aromatic nitrogens is 1. The van der Waals surface area contributed by atoms with Gasteiger partial charge >= 0.3 is 0 Å². The molecule has 0 spiro atoms. The maximum atomic E-state index is 12.3.